The number of hydrogen-bond acceptors (Lipinski definition) is 6. The summed E-state index contributed by atoms with van der Waals surface area (Å²) >= 11 is 0. The molecule has 0 bridgehead atoms. The van der Waals surface area contributed by atoms with Gasteiger partial charge in [-0.05, 0) is 74.2 Å². The van der Waals surface area contributed by atoms with Crippen molar-refractivity contribution in [1.82, 2.24) is 0 Å². The molecule has 6 nitrogen and oxygen atoms in total. The number of aromatic hydroxyl groups is 2. The number of phenols is 2. The Balaban J connectivity index is 0.000000161. The molecular weight excluding hydrogens is 360 g/mol. The molecule has 0 aromatic heterocycles. The Hall–Kier alpha value is -2.44. The number of hydrogen-bond donors (Lipinski definition) is 2. The highest BCUT2D eigenvalue weighted by Crippen LogP contribution is 2.22. The van der Waals surface area contributed by atoms with Gasteiger partial charge in [-0.25, -0.2) is 0 Å². The molecule has 152 valence electrons. The van der Waals surface area contributed by atoms with Gasteiger partial charge in [0.25, 0.3) is 0 Å². The maximum Gasteiger partial charge on any atom is 0.199 e. The van der Waals surface area contributed by atoms with Gasteiger partial charge < -0.3 is 29.2 Å². The molecule has 6 heteroatoms. The average molecular weight is 388 g/mol. The zero-order valence-electron chi connectivity index (χ0n) is 16.0. The van der Waals surface area contributed by atoms with Gasteiger partial charge in [-0.2, -0.15) is 0 Å². The smallest absolute Gasteiger partial charge is 0.199 e. The van der Waals surface area contributed by atoms with E-state index in [4.69, 9.17) is 29.2 Å². The lowest BCUT2D eigenvalue weighted by molar-refractivity contribution is -0.106. The van der Waals surface area contributed by atoms with Crippen LogP contribution in [0.5, 0.6) is 23.0 Å². The van der Waals surface area contributed by atoms with Gasteiger partial charge in [-0.3, -0.25) is 0 Å². The van der Waals surface area contributed by atoms with Crippen molar-refractivity contribution in [2.24, 2.45) is 0 Å². The van der Waals surface area contributed by atoms with Crippen LogP contribution in [0.2, 0.25) is 0 Å². The van der Waals surface area contributed by atoms with Crippen LogP contribution in [0, 0.1) is 0 Å². The summed E-state index contributed by atoms with van der Waals surface area (Å²) in [5.74, 6) is 1.99. The molecule has 0 spiro atoms. The molecule has 2 aliphatic rings. The van der Waals surface area contributed by atoms with Crippen molar-refractivity contribution >= 4 is 0 Å². The van der Waals surface area contributed by atoms with Gasteiger partial charge in [-0.1, -0.05) is 0 Å². The monoisotopic (exact) mass is 388 g/mol. The molecule has 28 heavy (non-hydrogen) atoms. The van der Waals surface area contributed by atoms with E-state index in [0.29, 0.717) is 0 Å². The fraction of sp³-hybridized carbons (Fsp3) is 0.455. The van der Waals surface area contributed by atoms with Gasteiger partial charge in [-0.15, -0.1) is 0 Å². The molecule has 0 aliphatic carbocycles. The summed E-state index contributed by atoms with van der Waals surface area (Å²) in [6.07, 6.45) is 6.21. The van der Waals surface area contributed by atoms with E-state index in [1.807, 2.05) is 0 Å². The summed E-state index contributed by atoms with van der Waals surface area (Å²) < 4.78 is 22.0. The van der Waals surface area contributed by atoms with E-state index >= 15 is 0 Å². The van der Waals surface area contributed by atoms with Crippen molar-refractivity contribution < 1.29 is 29.2 Å². The highest BCUT2D eigenvalue weighted by molar-refractivity contribution is 5.30. The molecule has 2 unspecified atom stereocenters. The van der Waals surface area contributed by atoms with Crippen LogP contribution < -0.4 is 9.47 Å². The molecule has 2 atom stereocenters. The van der Waals surface area contributed by atoms with Crippen LogP contribution >= 0.6 is 0 Å². The lowest BCUT2D eigenvalue weighted by Crippen LogP contribution is -2.24. The number of ether oxygens (including phenoxy) is 4. The molecule has 2 aromatic rings. The Labute approximate surface area is 165 Å². The second-order valence-corrected chi connectivity index (χ2v) is 6.82. The Bertz CT molecular complexity index is 612. The van der Waals surface area contributed by atoms with Crippen molar-refractivity contribution in [1.29, 1.82) is 0 Å². The highest BCUT2D eigenvalue weighted by atomic mass is 16.7. The molecule has 2 saturated heterocycles. The van der Waals surface area contributed by atoms with Gasteiger partial charge in [0.1, 0.15) is 23.0 Å². The van der Waals surface area contributed by atoms with Crippen molar-refractivity contribution in [3.63, 3.8) is 0 Å². The van der Waals surface area contributed by atoms with E-state index in [9.17, 15) is 0 Å². The Morgan fingerprint density at radius 3 is 1.32 bits per heavy atom. The second-order valence-electron chi connectivity index (χ2n) is 6.82. The van der Waals surface area contributed by atoms with Crippen molar-refractivity contribution in [2.75, 3.05) is 13.2 Å². The van der Waals surface area contributed by atoms with Crippen LogP contribution in [-0.2, 0) is 9.47 Å². The van der Waals surface area contributed by atoms with Gasteiger partial charge in [0.15, 0.2) is 12.6 Å². The minimum Gasteiger partial charge on any atom is -0.508 e. The molecule has 0 radical (unpaired) electrons. The standard InChI is InChI=1S/2C11H14O3/c2*12-9-4-6-10(7-5-9)14-11-3-1-2-8-13-11/h2*4-7,11-12H,1-3,8H2. The molecule has 0 amide bonds. The Morgan fingerprint density at radius 1 is 0.607 bits per heavy atom. The van der Waals surface area contributed by atoms with Gasteiger partial charge in [0, 0.05) is 12.8 Å². The molecule has 2 aromatic carbocycles. The van der Waals surface area contributed by atoms with Gasteiger partial charge in [0.05, 0.1) is 13.2 Å². The van der Waals surface area contributed by atoms with E-state index in [1.165, 1.54) is 0 Å². The lowest BCUT2D eigenvalue weighted by atomic mass is 10.2. The first-order valence-electron chi connectivity index (χ1n) is 9.83. The Morgan fingerprint density at radius 2 is 1.00 bits per heavy atom. The third kappa shape index (κ3) is 6.94. The molecule has 2 N–H and O–H groups in total. The average Bonchev–Trinajstić information content (AvgIpc) is 2.74. The largest absolute Gasteiger partial charge is 0.508 e. The summed E-state index contributed by atoms with van der Waals surface area (Å²) in [7, 11) is 0. The normalized spacial score (nSPS) is 21.9. The molecule has 0 saturated carbocycles. The van der Waals surface area contributed by atoms with Crippen LogP contribution in [-0.4, -0.2) is 36.0 Å². The fourth-order valence-electron chi connectivity index (χ4n) is 2.96. The quantitative estimate of drug-likeness (QED) is 0.797. The van der Waals surface area contributed by atoms with Crippen LogP contribution in [0.1, 0.15) is 38.5 Å². The number of rotatable bonds is 4. The van der Waals surface area contributed by atoms with Crippen LogP contribution in [0.4, 0.5) is 0 Å². The number of benzene rings is 2. The Kier molecular flexibility index (Phi) is 7.82. The van der Waals surface area contributed by atoms with Crippen LogP contribution in [0.25, 0.3) is 0 Å². The zero-order valence-corrected chi connectivity index (χ0v) is 16.0. The molecule has 2 heterocycles. The van der Waals surface area contributed by atoms with Gasteiger partial charge >= 0.3 is 0 Å². The minimum absolute atomic E-state index is 0.117. The van der Waals surface area contributed by atoms with E-state index in [-0.39, 0.29) is 24.1 Å². The van der Waals surface area contributed by atoms with E-state index < -0.39 is 0 Å². The van der Waals surface area contributed by atoms with E-state index in [1.54, 1.807) is 48.5 Å². The molecular formula is C22H28O6. The lowest BCUT2D eigenvalue weighted by Gasteiger charge is -2.23. The molecule has 2 aliphatic heterocycles. The van der Waals surface area contributed by atoms with Gasteiger partial charge in [0.2, 0.25) is 0 Å². The summed E-state index contributed by atoms with van der Waals surface area (Å²) in [5, 5.41) is 18.2. The summed E-state index contributed by atoms with van der Waals surface area (Å²) in [5.41, 5.74) is 0. The first kappa shape index (κ1) is 20.3. The maximum absolute atomic E-state index is 9.08. The van der Waals surface area contributed by atoms with E-state index in [0.717, 1.165) is 63.2 Å². The number of phenolic OH excluding ortho intramolecular Hbond substituents is 2. The summed E-state index contributed by atoms with van der Waals surface area (Å²) in [6.45, 7) is 1.56. The first-order valence-corrected chi connectivity index (χ1v) is 9.83. The van der Waals surface area contributed by atoms with Crippen molar-refractivity contribution in [2.45, 2.75) is 51.1 Å². The fourth-order valence-corrected chi connectivity index (χ4v) is 2.96. The topological polar surface area (TPSA) is 77.4 Å². The maximum atomic E-state index is 9.08. The van der Waals surface area contributed by atoms with Crippen LogP contribution in [0.3, 0.4) is 0 Å². The first-order chi connectivity index (χ1) is 13.7. The second kappa shape index (κ2) is 10.8. The summed E-state index contributed by atoms with van der Waals surface area (Å²) in [4.78, 5) is 0. The predicted molar refractivity (Wildman–Crippen MR) is 105 cm³/mol. The molecule has 2 fully saturated rings. The molecule has 4 rings (SSSR count). The SMILES string of the molecule is Oc1ccc(OC2CCCCO2)cc1.Oc1ccc(OC2CCCCO2)cc1. The summed E-state index contributed by atoms with van der Waals surface area (Å²) in [6, 6.07) is 13.4. The van der Waals surface area contributed by atoms with Crippen molar-refractivity contribution in [3.05, 3.63) is 48.5 Å². The van der Waals surface area contributed by atoms with Crippen LogP contribution in [0.15, 0.2) is 48.5 Å². The minimum atomic E-state index is -0.117. The highest BCUT2D eigenvalue weighted by Gasteiger charge is 2.15. The van der Waals surface area contributed by atoms with E-state index in [2.05, 4.69) is 0 Å². The third-order valence-electron chi connectivity index (χ3n) is 4.48. The predicted octanol–water partition coefficient (Wildman–Crippen LogP) is 4.60. The zero-order chi connectivity index (χ0) is 19.6. The van der Waals surface area contributed by atoms with Crippen molar-refractivity contribution in [3.8, 4) is 23.0 Å². The third-order valence-corrected chi connectivity index (χ3v) is 4.48.